The highest BCUT2D eigenvalue weighted by molar-refractivity contribution is 7.11. The van der Waals surface area contributed by atoms with Crippen LogP contribution in [0.2, 0.25) is 0 Å². The molecule has 0 aliphatic carbocycles. The van der Waals surface area contributed by atoms with Crippen molar-refractivity contribution in [2.45, 2.75) is 33.1 Å². The summed E-state index contributed by atoms with van der Waals surface area (Å²) in [6.07, 6.45) is 4.52. The third-order valence-corrected chi connectivity index (χ3v) is 5.02. The van der Waals surface area contributed by atoms with Crippen LogP contribution in [0, 0.1) is 12.3 Å². The van der Waals surface area contributed by atoms with E-state index in [1.165, 1.54) is 4.88 Å². The van der Waals surface area contributed by atoms with Gasteiger partial charge in [0.15, 0.2) is 5.96 Å². The SMILES string of the molecule is CCNC(=NCC1(CCO)CCOC1)NCCc1ncc(C)s1. The molecule has 0 amide bonds. The molecular formula is C16H28N4O2S. The Bertz CT molecular complexity index is 498. The van der Waals surface area contributed by atoms with Crippen LogP contribution in [-0.2, 0) is 11.2 Å². The second kappa shape index (κ2) is 9.20. The van der Waals surface area contributed by atoms with E-state index in [4.69, 9.17) is 9.73 Å². The molecule has 0 aromatic carbocycles. The number of hydrogen-bond acceptors (Lipinski definition) is 5. The second-order valence-electron chi connectivity index (χ2n) is 6.01. The van der Waals surface area contributed by atoms with E-state index in [0.29, 0.717) is 13.2 Å². The number of thiazole rings is 1. The highest BCUT2D eigenvalue weighted by atomic mass is 32.1. The van der Waals surface area contributed by atoms with Crippen molar-refractivity contribution in [3.8, 4) is 0 Å². The lowest BCUT2D eigenvalue weighted by Crippen LogP contribution is -2.39. The molecule has 1 unspecified atom stereocenters. The fraction of sp³-hybridized carbons (Fsp3) is 0.750. The predicted octanol–water partition coefficient (Wildman–Crippen LogP) is 1.34. The smallest absolute Gasteiger partial charge is 0.191 e. The van der Waals surface area contributed by atoms with Crippen LogP contribution in [0.1, 0.15) is 29.7 Å². The van der Waals surface area contributed by atoms with Gasteiger partial charge in [0.25, 0.3) is 0 Å². The Morgan fingerprint density at radius 1 is 1.52 bits per heavy atom. The van der Waals surface area contributed by atoms with E-state index in [9.17, 15) is 5.11 Å². The van der Waals surface area contributed by atoms with Gasteiger partial charge in [-0.2, -0.15) is 0 Å². The molecule has 0 bridgehead atoms. The standard InChI is InChI=1S/C16H28N4O2S/c1-3-17-15(18-7-4-14-19-10-13(2)23-14)20-11-16(5-8-21)6-9-22-12-16/h10,21H,3-9,11-12H2,1-2H3,(H2,17,18,20). The Balaban J connectivity index is 1.86. The summed E-state index contributed by atoms with van der Waals surface area (Å²) in [6.45, 7) is 8.09. The molecule has 7 heteroatoms. The molecule has 130 valence electrons. The first kappa shape index (κ1) is 18.2. The zero-order valence-corrected chi connectivity index (χ0v) is 14.9. The quantitative estimate of drug-likeness (QED) is 0.492. The van der Waals surface area contributed by atoms with Gasteiger partial charge in [-0.25, -0.2) is 4.98 Å². The number of nitrogens with zero attached hydrogens (tertiary/aromatic N) is 2. The van der Waals surface area contributed by atoms with Crippen LogP contribution in [0.4, 0.5) is 0 Å². The first-order chi connectivity index (χ1) is 11.2. The van der Waals surface area contributed by atoms with Crippen molar-refractivity contribution in [2.75, 3.05) is 39.5 Å². The maximum Gasteiger partial charge on any atom is 0.191 e. The summed E-state index contributed by atoms with van der Waals surface area (Å²) in [7, 11) is 0. The molecule has 1 aliphatic rings. The molecule has 2 heterocycles. The minimum atomic E-state index is -0.0104. The Kier molecular flexibility index (Phi) is 7.26. The highest BCUT2D eigenvalue weighted by Crippen LogP contribution is 2.32. The van der Waals surface area contributed by atoms with E-state index in [1.54, 1.807) is 11.3 Å². The van der Waals surface area contributed by atoms with Gasteiger partial charge in [-0.1, -0.05) is 0 Å². The van der Waals surface area contributed by atoms with Gasteiger partial charge in [-0.05, 0) is 26.7 Å². The van der Waals surface area contributed by atoms with Gasteiger partial charge >= 0.3 is 0 Å². The minimum absolute atomic E-state index is 0.0104. The lowest BCUT2D eigenvalue weighted by molar-refractivity contribution is 0.131. The lowest BCUT2D eigenvalue weighted by atomic mass is 9.84. The molecule has 1 saturated heterocycles. The lowest BCUT2D eigenvalue weighted by Gasteiger charge is -2.24. The van der Waals surface area contributed by atoms with Crippen LogP contribution in [0.5, 0.6) is 0 Å². The maximum atomic E-state index is 9.29. The molecule has 1 aromatic rings. The number of aryl methyl sites for hydroxylation is 1. The van der Waals surface area contributed by atoms with Crippen molar-refractivity contribution in [3.63, 3.8) is 0 Å². The Morgan fingerprint density at radius 3 is 3.00 bits per heavy atom. The second-order valence-corrected chi connectivity index (χ2v) is 7.33. The Hall–Kier alpha value is -1.18. The third-order valence-electron chi connectivity index (χ3n) is 4.04. The van der Waals surface area contributed by atoms with Crippen LogP contribution in [-0.4, -0.2) is 55.5 Å². The molecule has 1 fully saturated rings. The van der Waals surface area contributed by atoms with Gasteiger partial charge in [-0.15, -0.1) is 11.3 Å². The monoisotopic (exact) mass is 340 g/mol. The van der Waals surface area contributed by atoms with Crippen molar-refractivity contribution in [2.24, 2.45) is 10.4 Å². The zero-order chi connectivity index (χ0) is 16.5. The molecule has 0 saturated carbocycles. The number of aliphatic hydroxyl groups is 1. The highest BCUT2D eigenvalue weighted by Gasteiger charge is 2.34. The van der Waals surface area contributed by atoms with Crippen molar-refractivity contribution in [1.29, 1.82) is 0 Å². The van der Waals surface area contributed by atoms with Crippen molar-refractivity contribution in [3.05, 3.63) is 16.1 Å². The third kappa shape index (κ3) is 5.75. The van der Waals surface area contributed by atoms with Crippen molar-refractivity contribution in [1.82, 2.24) is 15.6 Å². The van der Waals surface area contributed by atoms with Gasteiger partial charge in [0.05, 0.1) is 18.2 Å². The predicted molar refractivity (Wildman–Crippen MR) is 94.1 cm³/mol. The fourth-order valence-electron chi connectivity index (χ4n) is 2.68. The average molecular weight is 340 g/mol. The molecule has 23 heavy (non-hydrogen) atoms. The molecule has 1 atom stereocenters. The summed E-state index contributed by atoms with van der Waals surface area (Å²) >= 11 is 1.74. The average Bonchev–Trinajstić information content (AvgIpc) is 3.15. The van der Waals surface area contributed by atoms with Crippen LogP contribution in [0.3, 0.4) is 0 Å². The molecule has 0 spiro atoms. The molecule has 3 N–H and O–H groups in total. The number of guanidine groups is 1. The number of aliphatic hydroxyl groups excluding tert-OH is 1. The van der Waals surface area contributed by atoms with E-state index < -0.39 is 0 Å². The zero-order valence-electron chi connectivity index (χ0n) is 14.1. The van der Waals surface area contributed by atoms with E-state index in [2.05, 4.69) is 29.5 Å². The Labute approximate surface area is 142 Å². The van der Waals surface area contributed by atoms with Gasteiger partial charge in [0.1, 0.15) is 0 Å². The van der Waals surface area contributed by atoms with E-state index in [0.717, 1.165) is 49.9 Å². The van der Waals surface area contributed by atoms with E-state index >= 15 is 0 Å². The van der Waals surface area contributed by atoms with Crippen LogP contribution in [0.25, 0.3) is 0 Å². The number of aromatic nitrogens is 1. The number of rotatable bonds is 8. The first-order valence-electron chi connectivity index (χ1n) is 8.29. The summed E-state index contributed by atoms with van der Waals surface area (Å²) in [6, 6.07) is 0. The molecule has 0 radical (unpaired) electrons. The molecule has 1 aliphatic heterocycles. The summed E-state index contributed by atoms with van der Waals surface area (Å²) < 4.78 is 5.52. The topological polar surface area (TPSA) is 78.8 Å². The van der Waals surface area contributed by atoms with Gasteiger partial charge in [0, 0.05) is 49.2 Å². The maximum absolute atomic E-state index is 9.29. The minimum Gasteiger partial charge on any atom is -0.396 e. The Morgan fingerprint density at radius 2 is 2.39 bits per heavy atom. The summed E-state index contributed by atoms with van der Waals surface area (Å²) in [4.78, 5) is 10.3. The summed E-state index contributed by atoms with van der Waals surface area (Å²) in [5, 5.41) is 17.1. The van der Waals surface area contributed by atoms with Crippen LogP contribution >= 0.6 is 11.3 Å². The first-order valence-corrected chi connectivity index (χ1v) is 9.11. The fourth-order valence-corrected chi connectivity index (χ4v) is 3.47. The van der Waals surface area contributed by atoms with Gasteiger partial charge in [0.2, 0.25) is 0 Å². The molecule has 2 rings (SSSR count). The summed E-state index contributed by atoms with van der Waals surface area (Å²) in [5.41, 5.74) is -0.0104. The largest absolute Gasteiger partial charge is 0.396 e. The van der Waals surface area contributed by atoms with E-state index in [-0.39, 0.29) is 12.0 Å². The molecule has 1 aromatic heterocycles. The van der Waals surface area contributed by atoms with Gasteiger partial charge < -0.3 is 20.5 Å². The van der Waals surface area contributed by atoms with Crippen molar-refractivity contribution >= 4 is 17.3 Å². The molecular weight excluding hydrogens is 312 g/mol. The van der Waals surface area contributed by atoms with E-state index in [1.807, 2.05) is 6.20 Å². The number of ether oxygens (including phenoxy) is 1. The number of nitrogens with one attached hydrogen (secondary N) is 2. The van der Waals surface area contributed by atoms with Crippen LogP contribution < -0.4 is 10.6 Å². The number of hydrogen-bond donors (Lipinski definition) is 3. The normalized spacial score (nSPS) is 21.6. The van der Waals surface area contributed by atoms with Crippen LogP contribution in [0.15, 0.2) is 11.2 Å². The van der Waals surface area contributed by atoms with Gasteiger partial charge in [-0.3, -0.25) is 4.99 Å². The van der Waals surface area contributed by atoms with Crippen molar-refractivity contribution < 1.29 is 9.84 Å². The summed E-state index contributed by atoms with van der Waals surface area (Å²) in [5.74, 6) is 0.824. The number of aliphatic imine (C=N–C) groups is 1. The molecule has 6 nitrogen and oxygen atoms in total.